The summed E-state index contributed by atoms with van der Waals surface area (Å²) in [6.07, 6.45) is 1.72. The number of hydrogen-bond acceptors (Lipinski definition) is 6. The smallest absolute Gasteiger partial charge is 0.233 e. The minimum atomic E-state index is 0.147. The number of thioether (sulfide) groups is 1. The summed E-state index contributed by atoms with van der Waals surface area (Å²) >= 11 is 1.46. The van der Waals surface area contributed by atoms with Crippen LogP contribution in [0.1, 0.15) is 55.8 Å². The molecule has 0 spiro atoms. The molecule has 1 aliphatic rings. The topological polar surface area (TPSA) is 87.9 Å². The lowest BCUT2D eigenvalue weighted by Crippen LogP contribution is -2.39. The SMILES string of the molecule is Cc1ccc2nc(SCC(=O)N3CCC(c4nc(C(C)C)no4)CC3)[nH]c2c1. The van der Waals surface area contributed by atoms with Crippen molar-refractivity contribution in [2.24, 2.45) is 0 Å². The van der Waals surface area contributed by atoms with Gasteiger partial charge in [0, 0.05) is 24.9 Å². The van der Waals surface area contributed by atoms with Crippen LogP contribution in [0, 0.1) is 6.92 Å². The Kier molecular flexibility index (Phi) is 5.39. The second-order valence-corrected chi connectivity index (χ2v) is 8.62. The third-order valence-electron chi connectivity index (χ3n) is 5.12. The first-order chi connectivity index (χ1) is 13.5. The van der Waals surface area contributed by atoms with Gasteiger partial charge in [-0.2, -0.15) is 4.98 Å². The Bertz CT molecular complexity index is 972. The number of rotatable bonds is 5. The molecule has 0 atom stereocenters. The van der Waals surface area contributed by atoms with Crippen molar-refractivity contribution >= 4 is 28.7 Å². The van der Waals surface area contributed by atoms with Crippen molar-refractivity contribution in [2.45, 2.75) is 50.6 Å². The maximum atomic E-state index is 12.6. The van der Waals surface area contributed by atoms with Crippen molar-refractivity contribution in [3.8, 4) is 0 Å². The molecule has 1 fully saturated rings. The number of hydrogen-bond donors (Lipinski definition) is 1. The number of aromatic nitrogens is 4. The normalized spacial score (nSPS) is 15.6. The third kappa shape index (κ3) is 4.06. The maximum absolute atomic E-state index is 12.6. The monoisotopic (exact) mass is 399 g/mol. The number of benzene rings is 1. The molecule has 1 N–H and O–H groups in total. The second-order valence-electron chi connectivity index (χ2n) is 7.65. The lowest BCUT2D eigenvalue weighted by Gasteiger charge is -2.30. The van der Waals surface area contributed by atoms with Gasteiger partial charge in [-0.25, -0.2) is 4.98 Å². The number of H-pyrrole nitrogens is 1. The number of imidazole rings is 1. The van der Waals surface area contributed by atoms with Gasteiger partial charge in [-0.3, -0.25) is 4.79 Å². The lowest BCUT2D eigenvalue weighted by atomic mass is 9.97. The van der Waals surface area contributed by atoms with Gasteiger partial charge in [0.1, 0.15) is 0 Å². The van der Waals surface area contributed by atoms with E-state index < -0.39 is 0 Å². The number of fused-ring (bicyclic) bond motifs is 1. The summed E-state index contributed by atoms with van der Waals surface area (Å²) in [5, 5.41) is 4.84. The molecule has 0 bridgehead atoms. The van der Waals surface area contributed by atoms with E-state index in [1.807, 2.05) is 17.0 Å². The van der Waals surface area contributed by atoms with Crippen LogP contribution in [0.15, 0.2) is 27.9 Å². The molecule has 0 radical (unpaired) electrons. The highest BCUT2D eigenvalue weighted by molar-refractivity contribution is 7.99. The zero-order chi connectivity index (χ0) is 19.7. The number of carbonyl (C=O) groups excluding carboxylic acids is 1. The molecule has 3 aromatic rings. The van der Waals surface area contributed by atoms with Crippen LogP contribution in [-0.2, 0) is 4.79 Å². The second kappa shape index (κ2) is 7.95. The van der Waals surface area contributed by atoms with Gasteiger partial charge >= 0.3 is 0 Å². The average Bonchev–Trinajstić information content (AvgIpc) is 3.33. The Hall–Kier alpha value is -2.35. The van der Waals surface area contributed by atoms with Crippen LogP contribution in [0.2, 0.25) is 0 Å². The van der Waals surface area contributed by atoms with Gasteiger partial charge in [-0.1, -0.05) is 36.8 Å². The van der Waals surface area contributed by atoms with E-state index in [9.17, 15) is 4.79 Å². The van der Waals surface area contributed by atoms with Crippen LogP contribution >= 0.6 is 11.8 Å². The molecule has 4 rings (SSSR count). The van der Waals surface area contributed by atoms with E-state index in [2.05, 4.69) is 46.9 Å². The van der Waals surface area contributed by atoms with E-state index in [-0.39, 0.29) is 17.7 Å². The Morgan fingerprint density at radius 1 is 1.32 bits per heavy atom. The molecule has 0 saturated carbocycles. The number of likely N-dealkylation sites (tertiary alicyclic amines) is 1. The summed E-state index contributed by atoms with van der Waals surface area (Å²) in [7, 11) is 0. The van der Waals surface area contributed by atoms with Gasteiger partial charge in [-0.05, 0) is 37.5 Å². The minimum Gasteiger partial charge on any atom is -0.342 e. The van der Waals surface area contributed by atoms with Crippen molar-refractivity contribution in [3.63, 3.8) is 0 Å². The number of aryl methyl sites for hydroxylation is 1. The predicted molar refractivity (Wildman–Crippen MR) is 108 cm³/mol. The Morgan fingerprint density at radius 3 is 2.82 bits per heavy atom. The fourth-order valence-electron chi connectivity index (χ4n) is 3.41. The van der Waals surface area contributed by atoms with Gasteiger partial charge in [-0.15, -0.1) is 0 Å². The van der Waals surface area contributed by atoms with Gasteiger partial charge in [0.15, 0.2) is 11.0 Å². The number of nitrogens with zero attached hydrogens (tertiary/aromatic N) is 4. The number of amides is 1. The zero-order valence-electron chi connectivity index (χ0n) is 16.4. The highest BCUT2D eigenvalue weighted by Gasteiger charge is 2.27. The highest BCUT2D eigenvalue weighted by atomic mass is 32.2. The van der Waals surface area contributed by atoms with Crippen molar-refractivity contribution in [2.75, 3.05) is 18.8 Å². The molecule has 2 aromatic heterocycles. The Morgan fingerprint density at radius 2 is 2.11 bits per heavy atom. The van der Waals surface area contributed by atoms with Crippen molar-refractivity contribution in [1.29, 1.82) is 0 Å². The van der Waals surface area contributed by atoms with Crippen LogP contribution < -0.4 is 0 Å². The lowest BCUT2D eigenvalue weighted by molar-refractivity contribution is -0.129. The van der Waals surface area contributed by atoms with E-state index in [4.69, 9.17) is 4.52 Å². The van der Waals surface area contributed by atoms with Gasteiger partial charge in [0.2, 0.25) is 11.8 Å². The molecule has 1 aliphatic heterocycles. The zero-order valence-corrected chi connectivity index (χ0v) is 17.3. The third-order valence-corrected chi connectivity index (χ3v) is 5.98. The van der Waals surface area contributed by atoms with E-state index >= 15 is 0 Å². The molecule has 1 aromatic carbocycles. The molecule has 1 saturated heterocycles. The number of aromatic amines is 1. The molecular weight excluding hydrogens is 374 g/mol. The highest BCUT2D eigenvalue weighted by Crippen LogP contribution is 2.28. The Balaban J connectivity index is 1.29. The van der Waals surface area contributed by atoms with Crippen LogP contribution in [0.3, 0.4) is 0 Å². The fraction of sp³-hybridized carbons (Fsp3) is 0.500. The fourth-order valence-corrected chi connectivity index (χ4v) is 4.20. The van der Waals surface area contributed by atoms with Gasteiger partial charge < -0.3 is 14.4 Å². The number of carbonyl (C=O) groups is 1. The molecular formula is C20H25N5O2S. The van der Waals surface area contributed by atoms with E-state index in [1.54, 1.807) is 0 Å². The minimum absolute atomic E-state index is 0.147. The van der Waals surface area contributed by atoms with E-state index in [0.717, 1.165) is 47.9 Å². The summed E-state index contributed by atoms with van der Waals surface area (Å²) < 4.78 is 5.42. The molecule has 1 amide bonds. The van der Waals surface area contributed by atoms with E-state index in [0.29, 0.717) is 11.6 Å². The van der Waals surface area contributed by atoms with Crippen LogP contribution in [-0.4, -0.2) is 49.8 Å². The molecule has 148 valence electrons. The largest absolute Gasteiger partial charge is 0.342 e. The molecule has 0 unspecified atom stereocenters. The number of nitrogens with one attached hydrogen (secondary N) is 1. The maximum Gasteiger partial charge on any atom is 0.233 e. The van der Waals surface area contributed by atoms with Crippen molar-refractivity contribution in [1.82, 2.24) is 25.0 Å². The van der Waals surface area contributed by atoms with E-state index in [1.165, 1.54) is 17.3 Å². The standard InChI is InChI=1S/C20H25N5O2S/c1-12(2)18-23-19(27-24-18)14-6-8-25(9-7-14)17(26)11-28-20-21-15-5-4-13(3)10-16(15)22-20/h4-5,10,12,14H,6-9,11H2,1-3H3,(H,21,22). The molecule has 7 nitrogen and oxygen atoms in total. The summed E-state index contributed by atoms with van der Waals surface area (Å²) in [6.45, 7) is 7.61. The Labute approximate surface area is 168 Å². The molecule has 3 heterocycles. The first-order valence-electron chi connectivity index (χ1n) is 9.70. The summed E-state index contributed by atoms with van der Waals surface area (Å²) in [6, 6.07) is 6.11. The first kappa shape index (κ1) is 19.0. The summed E-state index contributed by atoms with van der Waals surface area (Å²) in [4.78, 5) is 26.9. The van der Waals surface area contributed by atoms with Gasteiger partial charge in [0.05, 0.1) is 16.8 Å². The van der Waals surface area contributed by atoms with Gasteiger partial charge in [0.25, 0.3) is 0 Å². The van der Waals surface area contributed by atoms with Crippen LogP contribution in [0.25, 0.3) is 11.0 Å². The van der Waals surface area contributed by atoms with Crippen LogP contribution in [0.5, 0.6) is 0 Å². The summed E-state index contributed by atoms with van der Waals surface area (Å²) in [5.41, 5.74) is 3.13. The van der Waals surface area contributed by atoms with Crippen LogP contribution in [0.4, 0.5) is 0 Å². The molecule has 8 heteroatoms. The van der Waals surface area contributed by atoms with Crippen molar-refractivity contribution < 1.29 is 9.32 Å². The molecule has 0 aliphatic carbocycles. The molecule has 28 heavy (non-hydrogen) atoms. The quantitative estimate of drug-likeness (QED) is 0.655. The number of piperidine rings is 1. The van der Waals surface area contributed by atoms with Crippen molar-refractivity contribution in [3.05, 3.63) is 35.5 Å². The summed E-state index contributed by atoms with van der Waals surface area (Å²) in [5.74, 6) is 2.51. The average molecular weight is 400 g/mol. The predicted octanol–water partition coefficient (Wildman–Crippen LogP) is 3.88. The first-order valence-corrected chi connectivity index (χ1v) is 10.7.